The molecule has 2 aromatic carbocycles. The van der Waals surface area contributed by atoms with Crippen LogP contribution in [0.3, 0.4) is 0 Å². The first-order chi connectivity index (χ1) is 12.3. The van der Waals surface area contributed by atoms with Crippen LogP contribution in [0.1, 0.15) is 69.4 Å². The molecule has 2 aromatic rings. The van der Waals surface area contributed by atoms with Crippen LogP contribution in [0, 0.1) is 12.3 Å². The fourth-order valence-corrected chi connectivity index (χ4v) is 3.96. The van der Waals surface area contributed by atoms with Gasteiger partial charge in [0.05, 0.1) is 0 Å². The second-order valence-corrected chi connectivity index (χ2v) is 7.70. The van der Waals surface area contributed by atoms with Gasteiger partial charge in [-0.3, -0.25) is 0 Å². The van der Waals surface area contributed by atoms with Crippen molar-refractivity contribution in [1.29, 1.82) is 0 Å². The van der Waals surface area contributed by atoms with Crippen molar-refractivity contribution in [3.8, 4) is 11.1 Å². The SMILES string of the molecule is CCCCCc1ccc(-c2ccc(CCC3CC[CH]CC3)cc2)cc1. The lowest BCUT2D eigenvalue weighted by molar-refractivity contribution is 0.381. The summed E-state index contributed by atoms with van der Waals surface area (Å²) in [5.74, 6) is 0.949. The average Bonchev–Trinajstić information content (AvgIpc) is 2.68. The quantitative estimate of drug-likeness (QED) is 0.441. The van der Waals surface area contributed by atoms with E-state index in [-0.39, 0.29) is 0 Å². The molecule has 1 aliphatic carbocycles. The summed E-state index contributed by atoms with van der Waals surface area (Å²) in [5.41, 5.74) is 5.65. The lowest BCUT2D eigenvalue weighted by Gasteiger charge is -2.21. The zero-order valence-corrected chi connectivity index (χ0v) is 15.8. The molecule has 0 atom stereocenters. The molecule has 0 saturated heterocycles. The van der Waals surface area contributed by atoms with Gasteiger partial charge in [-0.15, -0.1) is 0 Å². The summed E-state index contributed by atoms with van der Waals surface area (Å²) in [7, 11) is 0. The van der Waals surface area contributed by atoms with E-state index in [2.05, 4.69) is 61.9 Å². The Hall–Kier alpha value is -1.56. The topological polar surface area (TPSA) is 0 Å². The summed E-state index contributed by atoms with van der Waals surface area (Å²) in [4.78, 5) is 0. The Kier molecular flexibility index (Phi) is 7.15. The van der Waals surface area contributed by atoms with Crippen LogP contribution < -0.4 is 0 Å². The van der Waals surface area contributed by atoms with Gasteiger partial charge in [0.25, 0.3) is 0 Å². The lowest BCUT2D eigenvalue weighted by Crippen LogP contribution is -2.07. The minimum absolute atomic E-state index is 0.949. The first-order valence-electron chi connectivity index (χ1n) is 10.3. The van der Waals surface area contributed by atoms with Gasteiger partial charge in [0.1, 0.15) is 0 Å². The van der Waals surface area contributed by atoms with E-state index in [4.69, 9.17) is 0 Å². The lowest BCUT2D eigenvalue weighted by atomic mass is 9.85. The van der Waals surface area contributed by atoms with Gasteiger partial charge >= 0.3 is 0 Å². The summed E-state index contributed by atoms with van der Waals surface area (Å²) in [6.07, 6.45) is 15.7. The molecule has 0 bridgehead atoms. The van der Waals surface area contributed by atoms with E-state index in [1.807, 2.05) is 0 Å². The van der Waals surface area contributed by atoms with Crippen molar-refractivity contribution >= 4 is 0 Å². The maximum atomic E-state index is 2.46. The van der Waals surface area contributed by atoms with Crippen molar-refractivity contribution in [3.05, 3.63) is 66.1 Å². The Balaban J connectivity index is 1.52. The highest BCUT2D eigenvalue weighted by Gasteiger charge is 2.13. The van der Waals surface area contributed by atoms with Gasteiger partial charge in [-0.25, -0.2) is 0 Å². The van der Waals surface area contributed by atoms with E-state index < -0.39 is 0 Å². The van der Waals surface area contributed by atoms with Gasteiger partial charge in [-0.05, 0) is 73.1 Å². The molecule has 25 heavy (non-hydrogen) atoms. The van der Waals surface area contributed by atoms with Crippen LogP contribution in [-0.2, 0) is 12.8 Å². The van der Waals surface area contributed by atoms with Crippen LogP contribution in [0.2, 0.25) is 0 Å². The van der Waals surface area contributed by atoms with Crippen molar-refractivity contribution < 1.29 is 0 Å². The molecule has 0 spiro atoms. The fraction of sp³-hybridized carbons (Fsp3) is 0.480. The van der Waals surface area contributed by atoms with Crippen molar-refractivity contribution in [2.75, 3.05) is 0 Å². The molecule has 0 amide bonds. The van der Waals surface area contributed by atoms with Gasteiger partial charge in [0, 0.05) is 0 Å². The van der Waals surface area contributed by atoms with Crippen LogP contribution in [0.15, 0.2) is 48.5 Å². The zero-order chi connectivity index (χ0) is 17.3. The highest BCUT2D eigenvalue weighted by Crippen LogP contribution is 2.27. The Bertz CT molecular complexity index is 599. The van der Waals surface area contributed by atoms with Gasteiger partial charge in [-0.2, -0.15) is 0 Å². The Morgan fingerprint density at radius 2 is 1.28 bits per heavy atom. The molecule has 0 N–H and O–H groups in total. The Morgan fingerprint density at radius 3 is 1.84 bits per heavy atom. The molecular weight excluding hydrogens is 300 g/mol. The van der Waals surface area contributed by atoms with Crippen molar-refractivity contribution in [1.82, 2.24) is 0 Å². The Labute approximate surface area is 154 Å². The van der Waals surface area contributed by atoms with E-state index in [1.165, 1.54) is 86.5 Å². The number of unbranched alkanes of at least 4 members (excludes halogenated alkanes) is 2. The van der Waals surface area contributed by atoms with Gasteiger partial charge in [0.2, 0.25) is 0 Å². The van der Waals surface area contributed by atoms with E-state index >= 15 is 0 Å². The van der Waals surface area contributed by atoms with E-state index in [0.29, 0.717) is 0 Å². The summed E-state index contributed by atoms with van der Waals surface area (Å²) < 4.78 is 0. The molecule has 133 valence electrons. The van der Waals surface area contributed by atoms with Crippen molar-refractivity contribution in [2.24, 2.45) is 5.92 Å². The van der Waals surface area contributed by atoms with Crippen LogP contribution in [-0.4, -0.2) is 0 Å². The summed E-state index contributed by atoms with van der Waals surface area (Å²) in [6, 6.07) is 18.5. The number of aryl methyl sites for hydroxylation is 2. The predicted octanol–water partition coefficient (Wildman–Crippen LogP) is 7.41. The summed E-state index contributed by atoms with van der Waals surface area (Å²) >= 11 is 0. The first kappa shape index (κ1) is 18.2. The molecule has 1 fully saturated rings. The second-order valence-electron chi connectivity index (χ2n) is 7.70. The van der Waals surface area contributed by atoms with Crippen LogP contribution in [0.5, 0.6) is 0 Å². The highest BCUT2D eigenvalue weighted by molar-refractivity contribution is 5.63. The van der Waals surface area contributed by atoms with Crippen LogP contribution in [0.25, 0.3) is 11.1 Å². The summed E-state index contributed by atoms with van der Waals surface area (Å²) in [5, 5.41) is 0. The number of benzene rings is 2. The van der Waals surface area contributed by atoms with Crippen LogP contribution >= 0.6 is 0 Å². The molecule has 0 heterocycles. The van der Waals surface area contributed by atoms with Crippen molar-refractivity contribution in [2.45, 2.75) is 71.1 Å². The molecule has 3 rings (SSSR count). The third-order valence-corrected chi connectivity index (χ3v) is 5.71. The number of rotatable bonds is 8. The van der Waals surface area contributed by atoms with E-state index in [0.717, 1.165) is 5.92 Å². The Morgan fingerprint density at radius 1 is 0.720 bits per heavy atom. The van der Waals surface area contributed by atoms with Gasteiger partial charge < -0.3 is 0 Å². The largest absolute Gasteiger partial charge is 0.0654 e. The standard InChI is InChI=1S/C25H33/c1-2-3-5-8-22-13-17-24(18-14-22)25-19-15-23(16-20-25)12-11-21-9-6-4-7-10-21/h4,13-21H,2-3,5-12H2,1H3. The van der Waals surface area contributed by atoms with Gasteiger partial charge in [0.15, 0.2) is 0 Å². The molecule has 0 aliphatic heterocycles. The molecule has 1 aliphatic rings. The molecule has 0 heteroatoms. The maximum absolute atomic E-state index is 2.46. The third kappa shape index (κ3) is 5.73. The zero-order valence-electron chi connectivity index (χ0n) is 15.8. The molecular formula is C25H33. The predicted molar refractivity (Wildman–Crippen MR) is 110 cm³/mol. The smallest absolute Gasteiger partial charge is 0.0184 e. The van der Waals surface area contributed by atoms with Gasteiger partial charge in [-0.1, -0.05) is 81.1 Å². The minimum Gasteiger partial charge on any atom is -0.0654 e. The molecule has 0 unspecified atom stereocenters. The highest BCUT2D eigenvalue weighted by atomic mass is 14.2. The van der Waals surface area contributed by atoms with E-state index in [9.17, 15) is 0 Å². The minimum atomic E-state index is 0.949. The second kappa shape index (κ2) is 9.80. The molecule has 1 saturated carbocycles. The van der Waals surface area contributed by atoms with Crippen LogP contribution in [0.4, 0.5) is 0 Å². The fourth-order valence-electron chi connectivity index (χ4n) is 3.96. The molecule has 1 radical (unpaired) electrons. The molecule has 0 aromatic heterocycles. The summed E-state index contributed by atoms with van der Waals surface area (Å²) in [6.45, 7) is 2.26. The first-order valence-corrected chi connectivity index (χ1v) is 10.3. The normalized spacial score (nSPS) is 15.4. The maximum Gasteiger partial charge on any atom is -0.0184 e. The molecule has 0 nitrogen and oxygen atoms in total. The average molecular weight is 334 g/mol. The van der Waals surface area contributed by atoms with Crippen molar-refractivity contribution in [3.63, 3.8) is 0 Å². The number of hydrogen-bond donors (Lipinski definition) is 0. The third-order valence-electron chi connectivity index (χ3n) is 5.71. The van der Waals surface area contributed by atoms with E-state index in [1.54, 1.807) is 0 Å². The number of hydrogen-bond acceptors (Lipinski definition) is 0. The monoisotopic (exact) mass is 333 g/mol.